The number of esters is 1. The first kappa shape index (κ1) is 13.0. The molecule has 0 amide bonds. The average molecular weight is 315 g/mol. The minimum atomic E-state index is -0.524. The van der Waals surface area contributed by atoms with Crippen molar-refractivity contribution in [1.29, 1.82) is 0 Å². The molecule has 0 aromatic carbocycles. The largest absolute Gasteiger partial charge is 0.456 e. The lowest BCUT2D eigenvalue weighted by atomic mass is 10.1. The van der Waals surface area contributed by atoms with Crippen molar-refractivity contribution in [1.82, 2.24) is 10.3 Å². The number of nitrogens with one attached hydrogen (secondary N) is 1. The van der Waals surface area contributed by atoms with E-state index in [4.69, 9.17) is 4.74 Å². The molecule has 2 rings (SSSR count). The van der Waals surface area contributed by atoms with Gasteiger partial charge < -0.3 is 10.1 Å². The fraction of sp³-hybridized carbons (Fsp3) is 0.333. The Hall–Kier alpha value is -1.43. The van der Waals surface area contributed by atoms with Crippen LogP contribution in [-0.2, 0) is 16.0 Å². The van der Waals surface area contributed by atoms with Gasteiger partial charge in [-0.05, 0) is 27.6 Å². The number of cyclic esters (lactones) is 1. The van der Waals surface area contributed by atoms with Crippen LogP contribution in [0, 0.1) is 0 Å². The van der Waals surface area contributed by atoms with Crippen molar-refractivity contribution in [3.8, 4) is 0 Å². The summed E-state index contributed by atoms with van der Waals surface area (Å²) in [6, 6.07) is 3.75. The molecule has 0 saturated heterocycles. The number of carbonyl (C=O) groups is 1. The SMILES string of the molecule is O=C1OCC(Cc2ccc(Br)nc2)=C1NCCF. The van der Waals surface area contributed by atoms with Crippen LogP contribution in [0.15, 0.2) is 34.2 Å². The van der Waals surface area contributed by atoms with E-state index < -0.39 is 12.6 Å². The van der Waals surface area contributed by atoms with Gasteiger partial charge in [-0.15, -0.1) is 0 Å². The molecule has 0 aliphatic carbocycles. The van der Waals surface area contributed by atoms with Gasteiger partial charge in [-0.2, -0.15) is 0 Å². The lowest BCUT2D eigenvalue weighted by molar-refractivity contribution is -0.136. The van der Waals surface area contributed by atoms with Crippen LogP contribution in [0.4, 0.5) is 4.39 Å². The third kappa shape index (κ3) is 3.07. The average Bonchev–Trinajstić information content (AvgIpc) is 2.71. The Morgan fingerprint density at radius 2 is 2.33 bits per heavy atom. The first-order valence-corrected chi connectivity index (χ1v) is 6.29. The van der Waals surface area contributed by atoms with Gasteiger partial charge in [0.2, 0.25) is 0 Å². The first-order valence-electron chi connectivity index (χ1n) is 5.50. The topological polar surface area (TPSA) is 51.2 Å². The van der Waals surface area contributed by atoms with Gasteiger partial charge in [0.1, 0.15) is 23.6 Å². The smallest absolute Gasteiger partial charge is 0.354 e. The summed E-state index contributed by atoms with van der Waals surface area (Å²) in [5.41, 5.74) is 2.19. The second-order valence-corrected chi connectivity index (χ2v) is 4.65. The van der Waals surface area contributed by atoms with Gasteiger partial charge in [-0.1, -0.05) is 6.07 Å². The van der Waals surface area contributed by atoms with Crippen molar-refractivity contribution in [3.05, 3.63) is 39.8 Å². The van der Waals surface area contributed by atoms with Crippen LogP contribution in [0.3, 0.4) is 0 Å². The summed E-state index contributed by atoms with van der Waals surface area (Å²) < 4.78 is 17.8. The fourth-order valence-electron chi connectivity index (χ4n) is 1.71. The van der Waals surface area contributed by atoms with Gasteiger partial charge in [0, 0.05) is 24.7 Å². The molecule has 0 unspecified atom stereocenters. The van der Waals surface area contributed by atoms with E-state index >= 15 is 0 Å². The highest BCUT2D eigenvalue weighted by molar-refractivity contribution is 9.10. The molecular formula is C12H12BrFN2O2. The lowest BCUT2D eigenvalue weighted by Crippen LogP contribution is -2.21. The summed E-state index contributed by atoms with van der Waals surface area (Å²) in [7, 11) is 0. The minimum Gasteiger partial charge on any atom is -0.456 e. The molecule has 0 spiro atoms. The van der Waals surface area contributed by atoms with E-state index in [1.807, 2.05) is 12.1 Å². The van der Waals surface area contributed by atoms with Crippen molar-refractivity contribution in [2.24, 2.45) is 0 Å². The Morgan fingerprint density at radius 3 is 3.00 bits per heavy atom. The zero-order valence-electron chi connectivity index (χ0n) is 9.58. The van der Waals surface area contributed by atoms with Crippen molar-refractivity contribution in [2.75, 3.05) is 19.8 Å². The molecular weight excluding hydrogens is 303 g/mol. The number of halogens is 2. The number of aromatic nitrogens is 1. The Balaban J connectivity index is 2.12. The van der Waals surface area contributed by atoms with Gasteiger partial charge in [0.05, 0.1) is 0 Å². The third-order valence-electron chi connectivity index (χ3n) is 2.54. The molecule has 1 aliphatic rings. The maximum atomic E-state index is 12.1. The number of rotatable bonds is 5. The molecule has 1 aromatic rings. The quantitative estimate of drug-likeness (QED) is 0.664. The molecule has 0 atom stereocenters. The normalized spacial score (nSPS) is 14.9. The van der Waals surface area contributed by atoms with Crippen molar-refractivity contribution < 1.29 is 13.9 Å². The van der Waals surface area contributed by atoms with E-state index in [9.17, 15) is 9.18 Å². The molecule has 0 radical (unpaired) electrons. The Labute approximate surface area is 112 Å². The molecule has 2 heterocycles. The van der Waals surface area contributed by atoms with Crippen molar-refractivity contribution in [2.45, 2.75) is 6.42 Å². The van der Waals surface area contributed by atoms with Crippen LogP contribution in [0.5, 0.6) is 0 Å². The van der Waals surface area contributed by atoms with Crippen LogP contribution < -0.4 is 5.32 Å². The Morgan fingerprint density at radius 1 is 1.50 bits per heavy atom. The van der Waals surface area contributed by atoms with E-state index in [0.717, 1.165) is 15.7 Å². The van der Waals surface area contributed by atoms with Crippen LogP contribution in [0.25, 0.3) is 0 Å². The standard InChI is InChI=1S/C12H12BrFN2O2/c13-10-2-1-8(6-16-10)5-9-7-18-12(17)11(9)15-4-3-14/h1-2,6,15H,3-5,7H2. The van der Waals surface area contributed by atoms with E-state index in [1.165, 1.54) is 0 Å². The monoisotopic (exact) mass is 314 g/mol. The summed E-state index contributed by atoms with van der Waals surface area (Å²) in [6.07, 6.45) is 2.30. The number of alkyl halides is 1. The predicted octanol–water partition coefficient (Wildman–Crippen LogP) is 1.76. The number of hydrogen-bond donors (Lipinski definition) is 1. The van der Waals surface area contributed by atoms with Crippen molar-refractivity contribution in [3.63, 3.8) is 0 Å². The second kappa shape index (κ2) is 5.95. The van der Waals surface area contributed by atoms with Crippen LogP contribution in [0.1, 0.15) is 5.56 Å². The van der Waals surface area contributed by atoms with E-state index in [0.29, 0.717) is 12.1 Å². The van der Waals surface area contributed by atoms with Gasteiger partial charge in [-0.3, -0.25) is 0 Å². The molecule has 96 valence electrons. The van der Waals surface area contributed by atoms with E-state index in [-0.39, 0.29) is 13.2 Å². The first-order chi connectivity index (χ1) is 8.70. The molecule has 0 saturated carbocycles. The second-order valence-electron chi connectivity index (χ2n) is 3.84. The van der Waals surface area contributed by atoms with Crippen LogP contribution in [-0.4, -0.2) is 30.8 Å². The van der Waals surface area contributed by atoms with Crippen LogP contribution in [0.2, 0.25) is 0 Å². The van der Waals surface area contributed by atoms with Crippen LogP contribution >= 0.6 is 15.9 Å². The summed E-state index contributed by atoms with van der Waals surface area (Å²) in [4.78, 5) is 15.6. The number of hydrogen-bond acceptors (Lipinski definition) is 4. The molecule has 0 fully saturated rings. The maximum absolute atomic E-state index is 12.1. The molecule has 6 heteroatoms. The zero-order chi connectivity index (χ0) is 13.0. The van der Waals surface area contributed by atoms with Gasteiger partial charge in [-0.25, -0.2) is 14.2 Å². The summed E-state index contributed by atoms with van der Waals surface area (Å²) >= 11 is 3.26. The number of pyridine rings is 1. The zero-order valence-corrected chi connectivity index (χ0v) is 11.2. The fourth-order valence-corrected chi connectivity index (χ4v) is 1.94. The molecule has 1 aliphatic heterocycles. The molecule has 18 heavy (non-hydrogen) atoms. The lowest BCUT2D eigenvalue weighted by Gasteiger charge is -2.05. The Bertz CT molecular complexity index is 473. The highest BCUT2D eigenvalue weighted by Crippen LogP contribution is 2.18. The van der Waals surface area contributed by atoms with E-state index in [2.05, 4.69) is 26.2 Å². The van der Waals surface area contributed by atoms with Gasteiger partial charge >= 0.3 is 5.97 Å². The van der Waals surface area contributed by atoms with E-state index in [1.54, 1.807) is 6.20 Å². The summed E-state index contributed by atoms with van der Waals surface area (Å²) in [6.45, 7) is -0.153. The highest BCUT2D eigenvalue weighted by Gasteiger charge is 2.24. The third-order valence-corrected chi connectivity index (χ3v) is 3.01. The molecule has 1 aromatic heterocycles. The summed E-state index contributed by atoms with van der Waals surface area (Å²) in [5, 5.41) is 2.76. The van der Waals surface area contributed by atoms with Crippen molar-refractivity contribution >= 4 is 21.9 Å². The number of ether oxygens (including phenoxy) is 1. The predicted molar refractivity (Wildman–Crippen MR) is 67.6 cm³/mol. The highest BCUT2D eigenvalue weighted by atomic mass is 79.9. The minimum absolute atomic E-state index is 0.118. The molecule has 4 nitrogen and oxygen atoms in total. The summed E-state index contributed by atoms with van der Waals surface area (Å²) in [5.74, 6) is -0.413. The molecule has 1 N–H and O–H groups in total. The number of nitrogens with zero attached hydrogens (tertiary/aromatic N) is 1. The number of carbonyl (C=O) groups excluding carboxylic acids is 1. The van der Waals surface area contributed by atoms with Gasteiger partial charge in [0.15, 0.2) is 0 Å². The maximum Gasteiger partial charge on any atom is 0.354 e. The van der Waals surface area contributed by atoms with Gasteiger partial charge in [0.25, 0.3) is 0 Å². The Kier molecular flexibility index (Phi) is 4.30. The molecule has 0 bridgehead atoms.